The minimum atomic E-state index is -1.44. The van der Waals surface area contributed by atoms with Gasteiger partial charge in [0.25, 0.3) is 0 Å². The lowest BCUT2D eigenvalue weighted by Gasteiger charge is -2.20. The van der Waals surface area contributed by atoms with E-state index >= 15 is 0 Å². The summed E-state index contributed by atoms with van der Waals surface area (Å²) in [6.45, 7) is -0.722. The number of hydrogen-bond acceptors (Lipinski definition) is 5. The summed E-state index contributed by atoms with van der Waals surface area (Å²) in [6, 6.07) is 23.3. The van der Waals surface area contributed by atoms with Gasteiger partial charge in [0.2, 0.25) is 5.91 Å². The number of rotatable bonds is 9. The van der Waals surface area contributed by atoms with Crippen molar-refractivity contribution in [3.8, 4) is 11.1 Å². The summed E-state index contributed by atoms with van der Waals surface area (Å²) in [7, 11) is 0. The van der Waals surface area contributed by atoms with E-state index in [4.69, 9.17) is 9.84 Å². The Hall–Kier alpha value is -4.17. The number of nitrogens with one attached hydrogen (secondary N) is 2. The van der Waals surface area contributed by atoms with Gasteiger partial charge in [-0.3, -0.25) is 4.79 Å². The third-order valence-electron chi connectivity index (χ3n) is 6.11. The maximum atomic E-state index is 12.8. The second-order valence-electron chi connectivity index (χ2n) is 8.25. The second kappa shape index (κ2) is 10.8. The first-order valence-corrected chi connectivity index (χ1v) is 11.3. The molecule has 4 N–H and O–H groups in total. The molecule has 1 aliphatic carbocycles. The first-order valence-electron chi connectivity index (χ1n) is 11.3. The number of fused-ring (bicyclic) bond motifs is 3. The Balaban J connectivity index is 1.41. The summed E-state index contributed by atoms with van der Waals surface area (Å²) in [4.78, 5) is 36.6. The number of aliphatic carboxylic acids is 1. The Morgan fingerprint density at radius 1 is 0.857 bits per heavy atom. The van der Waals surface area contributed by atoms with Gasteiger partial charge in [0.15, 0.2) is 0 Å². The summed E-state index contributed by atoms with van der Waals surface area (Å²) >= 11 is 0. The van der Waals surface area contributed by atoms with Gasteiger partial charge < -0.3 is 25.6 Å². The van der Waals surface area contributed by atoms with Gasteiger partial charge in [-0.25, -0.2) is 9.59 Å². The second-order valence-corrected chi connectivity index (χ2v) is 8.25. The van der Waals surface area contributed by atoms with Crippen LogP contribution in [0.25, 0.3) is 11.1 Å². The van der Waals surface area contributed by atoms with Crippen LogP contribution in [0, 0.1) is 0 Å². The fourth-order valence-corrected chi connectivity index (χ4v) is 4.34. The van der Waals surface area contributed by atoms with Crippen molar-refractivity contribution in [2.75, 3.05) is 19.8 Å². The summed E-state index contributed by atoms with van der Waals surface area (Å²) in [6.07, 6.45) is -0.683. The molecule has 3 aromatic carbocycles. The zero-order chi connectivity index (χ0) is 24.8. The van der Waals surface area contributed by atoms with Gasteiger partial charge in [-0.2, -0.15) is 0 Å². The predicted octanol–water partition coefficient (Wildman–Crippen LogP) is 2.87. The molecule has 0 saturated carbocycles. The Morgan fingerprint density at radius 2 is 1.43 bits per heavy atom. The van der Waals surface area contributed by atoms with Crippen molar-refractivity contribution >= 4 is 18.0 Å². The third-order valence-corrected chi connectivity index (χ3v) is 6.11. The normalized spacial score (nSPS) is 13.7. The van der Waals surface area contributed by atoms with Crippen molar-refractivity contribution in [2.24, 2.45) is 0 Å². The average molecular weight is 475 g/mol. The SMILES string of the molecule is O=C(NCC(C(=O)N[C@H](CO)C(=O)O)c1ccccc1)OCC1c2ccccc2-c2ccccc21. The summed E-state index contributed by atoms with van der Waals surface area (Å²) < 4.78 is 5.53. The van der Waals surface area contributed by atoms with Gasteiger partial charge in [-0.15, -0.1) is 0 Å². The van der Waals surface area contributed by atoms with Crippen molar-refractivity contribution in [2.45, 2.75) is 17.9 Å². The van der Waals surface area contributed by atoms with Gasteiger partial charge in [0, 0.05) is 12.5 Å². The largest absolute Gasteiger partial charge is 0.480 e. The van der Waals surface area contributed by atoms with Crippen LogP contribution in [-0.4, -0.2) is 54.0 Å². The molecular weight excluding hydrogens is 448 g/mol. The minimum absolute atomic E-state index is 0.0951. The molecule has 2 atom stereocenters. The molecule has 2 amide bonds. The average Bonchev–Trinajstić information content (AvgIpc) is 3.20. The number of ether oxygens (including phenoxy) is 1. The first kappa shape index (κ1) is 24.0. The highest BCUT2D eigenvalue weighted by Gasteiger charge is 2.30. The number of amides is 2. The van der Waals surface area contributed by atoms with Crippen molar-refractivity contribution in [3.05, 3.63) is 95.6 Å². The number of carboxylic acid groups (broad SMARTS) is 1. The highest BCUT2D eigenvalue weighted by molar-refractivity contribution is 5.88. The van der Waals surface area contributed by atoms with Crippen LogP contribution in [0.15, 0.2) is 78.9 Å². The lowest BCUT2D eigenvalue weighted by atomic mass is 9.97. The van der Waals surface area contributed by atoms with Crippen LogP contribution in [0.4, 0.5) is 4.79 Å². The lowest BCUT2D eigenvalue weighted by molar-refractivity contribution is -0.143. The first-order chi connectivity index (χ1) is 17.0. The monoisotopic (exact) mass is 474 g/mol. The molecule has 0 aromatic heterocycles. The van der Waals surface area contributed by atoms with Gasteiger partial charge in [-0.1, -0.05) is 78.9 Å². The maximum absolute atomic E-state index is 12.8. The van der Waals surface area contributed by atoms with Crippen molar-refractivity contribution in [1.82, 2.24) is 10.6 Å². The van der Waals surface area contributed by atoms with Crippen molar-refractivity contribution in [1.29, 1.82) is 0 Å². The molecule has 8 heteroatoms. The number of carbonyl (C=O) groups excluding carboxylic acids is 2. The molecule has 0 fully saturated rings. The summed E-state index contributed by atoms with van der Waals surface area (Å²) in [5, 5.41) is 23.3. The van der Waals surface area contributed by atoms with Crippen molar-refractivity contribution < 1.29 is 29.3 Å². The Bertz CT molecular complexity index is 1170. The van der Waals surface area contributed by atoms with Gasteiger partial charge in [0.1, 0.15) is 12.6 Å². The van der Waals surface area contributed by atoms with E-state index < -0.39 is 36.5 Å². The molecule has 0 saturated heterocycles. The van der Waals surface area contributed by atoms with Gasteiger partial charge in [0.05, 0.1) is 12.5 Å². The fraction of sp³-hybridized carbons (Fsp3) is 0.222. The molecule has 0 spiro atoms. The lowest BCUT2D eigenvalue weighted by Crippen LogP contribution is -2.47. The van der Waals surface area contributed by atoms with E-state index in [1.165, 1.54) is 0 Å². The zero-order valence-electron chi connectivity index (χ0n) is 18.9. The number of aliphatic hydroxyl groups is 1. The van der Waals surface area contributed by atoms with E-state index in [0.717, 1.165) is 22.3 Å². The van der Waals surface area contributed by atoms with Gasteiger partial charge >= 0.3 is 12.1 Å². The molecule has 8 nitrogen and oxygen atoms in total. The number of aliphatic hydroxyl groups excluding tert-OH is 1. The Morgan fingerprint density at radius 3 is 2.00 bits per heavy atom. The molecule has 180 valence electrons. The van der Waals surface area contributed by atoms with E-state index in [1.54, 1.807) is 30.3 Å². The molecule has 0 radical (unpaired) electrons. The molecule has 1 aliphatic rings. The number of benzene rings is 3. The Kier molecular flexibility index (Phi) is 7.42. The van der Waals surface area contributed by atoms with Gasteiger partial charge in [-0.05, 0) is 27.8 Å². The van der Waals surface area contributed by atoms with Crippen LogP contribution in [0.5, 0.6) is 0 Å². The third kappa shape index (κ3) is 5.33. The topological polar surface area (TPSA) is 125 Å². The van der Waals surface area contributed by atoms with Crippen LogP contribution < -0.4 is 10.6 Å². The molecule has 0 bridgehead atoms. The molecule has 3 aromatic rings. The smallest absolute Gasteiger partial charge is 0.407 e. The summed E-state index contributed by atoms with van der Waals surface area (Å²) in [5.74, 6) is -2.94. The molecule has 35 heavy (non-hydrogen) atoms. The van der Waals surface area contributed by atoms with E-state index in [9.17, 15) is 19.5 Å². The van der Waals surface area contributed by atoms with E-state index in [0.29, 0.717) is 5.56 Å². The zero-order valence-corrected chi connectivity index (χ0v) is 18.9. The molecule has 1 unspecified atom stereocenters. The Labute approximate surface area is 202 Å². The highest BCUT2D eigenvalue weighted by Crippen LogP contribution is 2.44. The number of carbonyl (C=O) groups is 3. The predicted molar refractivity (Wildman–Crippen MR) is 129 cm³/mol. The molecule has 0 aliphatic heterocycles. The van der Waals surface area contributed by atoms with Crippen molar-refractivity contribution in [3.63, 3.8) is 0 Å². The van der Waals surface area contributed by atoms with Crippen LogP contribution in [0.1, 0.15) is 28.5 Å². The van der Waals surface area contributed by atoms with Crippen LogP contribution >= 0.6 is 0 Å². The molecule has 4 rings (SSSR count). The fourth-order valence-electron chi connectivity index (χ4n) is 4.34. The quantitative estimate of drug-likeness (QED) is 0.378. The minimum Gasteiger partial charge on any atom is -0.480 e. The van der Waals surface area contributed by atoms with Crippen LogP contribution in [0.2, 0.25) is 0 Å². The maximum Gasteiger partial charge on any atom is 0.407 e. The highest BCUT2D eigenvalue weighted by atomic mass is 16.5. The summed E-state index contributed by atoms with van der Waals surface area (Å²) in [5.41, 5.74) is 5.01. The molecule has 0 heterocycles. The molecular formula is C27H26N2O6. The standard InChI is InChI=1S/C27H26N2O6/c30-15-24(26(32)33)29-25(31)22(17-8-2-1-3-9-17)14-28-27(34)35-16-23-20-12-6-4-10-18(20)19-11-5-7-13-21(19)23/h1-13,22-24,30H,14-16H2,(H,28,34)(H,29,31)(H,32,33)/t22?,24-/m1/s1. The number of alkyl carbamates (subject to hydrolysis) is 1. The van der Waals surface area contributed by atoms with E-state index in [2.05, 4.69) is 10.6 Å². The number of hydrogen-bond donors (Lipinski definition) is 4. The van der Waals surface area contributed by atoms with Crippen LogP contribution in [-0.2, 0) is 14.3 Å². The van der Waals surface area contributed by atoms with E-state index in [-0.39, 0.29) is 19.1 Å². The number of carboxylic acids is 1. The van der Waals surface area contributed by atoms with Crippen LogP contribution in [0.3, 0.4) is 0 Å². The van der Waals surface area contributed by atoms with E-state index in [1.807, 2.05) is 48.5 Å².